The highest BCUT2D eigenvalue weighted by Gasteiger charge is 2.18. The lowest BCUT2D eigenvalue weighted by Crippen LogP contribution is -2.25. The molecular formula is C101H86N10O6. The molecule has 0 spiro atoms. The molecule has 3 aliphatic heterocycles. The third-order valence-corrected chi connectivity index (χ3v) is 20.5. The second kappa shape index (κ2) is 38.0. The van der Waals surface area contributed by atoms with Crippen LogP contribution in [0.5, 0.6) is 0 Å². The summed E-state index contributed by atoms with van der Waals surface area (Å²) >= 11 is 0. The molecule has 0 radical (unpaired) electrons. The van der Waals surface area contributed by atoms with Gasteiger partial charge in [0, 0.05) is 102 Å². The van der Waals surface area contributed by atoms with Crippen molar-refractivity contribution in [3.8, 4) is 59.2 Å². The van der Waals surface area contributed by atoms with Crippen molar-refractivity contribution in [3.63, 3.8) is 0 Å². The van der Waals surface area contributed by atoms with Gasteiger partial charge in [0.1, 0.15) is 17.5 Å². The van der Waals surface area contributed by atoms with E-state index >= 15 is 0 Å². The van der Waals surface area contributed by atoms with Gasteiger partial charge in [-0.3, -0.25) is 37.7 Å². The Bertz CT molecular complexity index is 6890. The quantitative estimate of drug-likeness (QED) is 0.150. The van der Waals surface area contributed by atoms with Crippen molar-refractivity contribution in [3.05, 3.63) is 379 Å². The van der Waals surface area contributed by atoms with E-state index in [9.17, 15) is 24.0 Å². The van der Waals surface area contributed by atoms with Crippen LogP contribution in [0, 0.1) is 66.1 Å². The molecular weight excluding hydrogens is 1450 g/mol. The molecule has 0 atom stereocenters. The van der Waals surface area contributed by atoms with E-state index < -0.39 is 0 Å². The second-order valence-corrected chi connectivity index (χ2v) is 28.9. The van der Waals surface area contributed by atoms with Crippen molar-refractivity contribution in [1.29, 1.82) is 0 Å². The highest BCUT2D eigenvalue weighted by molar-refractivity contribution is 5.83. The van der Waals surface area contributed by atoms with Crippen molar-refractivity contribution in [2.24, 2.45) is 14.1 Å². The molecule has 117 heavy (non-hydrogen) atoms. The average molecular weight is 1540 g/mol. The van der Waals surface area contributed by atoms with E-state index in [2.05, 4.69) is 131 Å². The molecule has 576 valence electrons. The van der Waals surface area contributed by atoms with Crippen molar-refractivity contribution in [1.82, 2.24) is 47.8 Å². The molecule has 0 fully saturated rings. The van der Waals surface area contributed by atoms with E-state index in [4.69, 9.17) is 14.7 Å². The first-order chi connectivity index (χ1) is 57.2. The molecule has 0 N–H and O–H groups in total. The lowest BCUT2D eigenvalue weighted by atomic mass is 10.1. The predicted molar refractivity (Wildman–Crippen MR) is 467 cm³/mol. The summed E-state index contributed by atoms with van der Waals surface area (Å²) in [7, 11) is 3.39. The number of fused-ring (bicyclic) bond motifs is 8. The number of ether oxygens (including phenoxy) is 1. The minimum Gasteiger partial charge on any atom is -0.379 e. The van der Waals surface area contributed by atoms with Gasteiger partial charge in [-0.15, -0.1) is 0 Å². The minimum absolute atomic E-state index is 0.00328. The van der Waals surface area contributed by atoms with Gasteiger partial charge in [0.05, 0.1) is 86.9 Å². The van der Waals surface area contributed by atoms with Crippen LogP contribution < -0.4 is 27.8 Å². The third kappa shape index (κ3) is 20.2. The fraction of sp³-hybridized carbons (Fsp3) is 0.208. The van der Waals surface area contributed by atoms with E-state index in [1.165, 1.54) is 38.5 Å². The summed E-state index contributed by atoms with van der Waals surface area (Å²) in [5.41, 5.74) is 16.7. The van der Waals surface area contributed by atoms with Gasteiger partial charge in [-0.05, 0) is 208 Å². The third-order valence-electron chi connectivity index (χ3n) is 20.5. The van der Waals surface area contributed by atoms with Crippen LogP contribution in [-0.2, 0) is 70.6 Å². The lowest BCUT2D eigenvalue weighted by molar-refractivity contribution is 0.140. The SMILES string of the molecule is CCc1ccc(C#Cc2ccc3c(=O)n(C)cnc3c2)cc1.CCc1ccc(C#Cc2ccc3c(=O)n4c(nc3c2)CCCCC4)cc1.Cc1ccc(C#Cc2ccc3c(=O)n4c(nc3c2)CCOCC4)cc1.Cn1cnc2cc(C#Cc3ccccc3)ccc2c1=O.O=c1c2ccc(C#Cc3ccccc3)cc2nc2n1CCCCC2. The van der Waals surface area contributed by atoms with Crippen LogP contribution in [-0.4, -0.2) is 61.0 Å². The monoisotopic (exact) mass is 1530 g/mol. The van der Waals surface area contributed by atoms with E-state index in [-0.39, 0.29) is 27.8 Å². The predicted octanol–water partition coefficient (Wildman–Crippen LogP) is 15.5. The zero-order valence-electron chi connectivity index (χ0n) is 66.3. The Morgan fingerprint density at radius 2 is 0.607 bits per heavy atom. The second-order valence-electron chi connectivity index (χ2n) is 28.9. The maximum absolute atomic E-state index is 12.8. The van der Waals surface area contributed by atoms with Crippen LogP contribution in [0.25, 0.3) is 54.5 Å². The van der Waals surface area contributed by atoms with Crippen LogP contribution >= 0.6 is 0 Å². The Balaban J connectivity index is 0.000000121. The molecule has 0 saturated carbocycles. The topological polar surface area (TPSA) is 184 Å². The number of hydrogen-bond donors (Lipinski definition) is 0. The summed E-state index contributed by atoms with van der Waals surface area (Å²) in [5, 5.41) is 3.23. The average Bonchev–Trinajstić information content (AvgIpc) is 1.74. The van der Waals surface area contributed by atoms with E-state index in [0.29, 0.717) is 69.7 Å². The number of benzene rings is 10. The normalized spacial score (nSPS) is 12.4. The van der Waals surface area contributed by atoms with Crippen LogP contribution in [0.2, 0.25) is 0 Å². The summed E-state index contributed by atoms with van der Waals surface area (Å²) in [6.45, 7) is 9.62. The molecule has 18 rings (SSSR count). The first-order valence-electron chi connectivity index (χ1n) is 39.7. The molecule has 8 heterocycles. The van der Waals surface area contributed by atoms with E-state index in [0.717, 1.165) is 161 Å². The summed E-state index contributed by atoms with van der Waals surface area (Å²) in [6, 6.07) is 72.4. The Labute approximate surface area is 679 Å². The first kappa shape index (κ1) is 79.3. The largest absolute Gasteiger partial charge is 0.379 e. The van der Waals surface area contributed by atoms with Gasteiger partial charge in [0.2, 0.25) is 0 Å². The summed E-state index contributed by atoms with van der Waals surface area (Å²) in [6.07, 6.45) is 14.2. The summed E-state index contributed by atoms with van der Waals surface area (Å²) < 4.78 is 13.8. The van der Waals surface area contributed by atoms with Crippen molar-refractivity contribution >= 4 is 54.5 Å². The zero-order chi connectivity index (χ0) is 81.0. The number of aryl methyl sites for hydroxylation is 7. The van der Waals surface area contributed by atoms with Crippen LogP contribution in [0.1, 0.15) is 142 Å². The van der Waals surface area contributed by atoms with Crippen molar-refractivity contribution in [2.75, 3.05) is 13.2 Å². The number of hydrogen-bond acceptors (Lipinski definition) is 11. The van der Waals surface area contributed by atoms with Crippen molar-refractivity contribution < 1.29 is 4.74 Å². The Morgan fingerprint density at radius 3 is 0.966 bits per heavy atom. The fourth-order valence-corrected chi connectivity index (χ4v) is 13.8. The molecule has 0 saturated heterocycles. The molecule has 10 aromatic carbocycles. The van der Waals surface area contributed by atoms with Gasteiger partial charge in [-0.2, -0.15) is 0 Å². The van der Waals surface area contributed by atoms with Gasteiger partial charge in [0.15, 0.2) is 0 Å². The fourth-order valence-electron chi connectivity index (χ4n) is 13.8. The Kier molecular flexibility index (Phi) is 25.8. The van der Waals surface area contributed by atoms with E-state index in [1.54, 1.807) is 30.8 Å². The molecule has 15 aromatic rings. The first-order valence-corrected chi connectivity index (χ1v) is 39.7. The highest BCUT2D eigenvalue weighted by Crippen LogP contribution is 2.21. The standard InChI is InChI=1S/C23H22N2O.C21H18N2O2.C21H18N2O.C19H16N2O.C17H12N2O/c1-2-17-7-9-18(10-8-17)11-12-19-13-14-20-21(16-19)24-22-6-4-3-5-15-25(22)23(20)26;1-15-2-4-16(5-3-15)6-7-17-8-9-18-19(14-17)22-20-10-12-25-13-11-23(20)21(18)24;24-21-18-13-12-17(11-10-16-7-3-1-4-8-16)15-19(18)22-20-9-5-2-6-14-23(20)21;1-3-14-4-6-15(7-5-14)8-9-16-10-11-17-18(12-16)20-13-21(2)19(17)22;1-19-12-18-16-11-14(9-10-15(16)17(19)20)8-7-13-5-3-2-4-6-13/h7-10,13-14,16H,2-6,15H2,1H3;2-5,8-9,14H,10-13H2,1H3;1,3-4,7-8,12-13,15H,2,5-6,9,14H2;4-7,10-13H,3H2,1-2H3;2-6,9-12H,1H3. The zero-order valence-corrected chi connectivity index (χ0v) is 66.3. The van der Waals surface area contributed by atoms with E-state index in [1.807, 2.05) is 185 Å². The Morgan fingerprint density at radius 1 is 0.308 bits per heavy atom. The van der Waals surface area contributed by atoms with Crippen LogP contribution in [0.4, 0.5) is 0 Å². The van der Waals surface area contributed by atoms with Crippen molar-refractivity contribution in [2.45, 2.75) is 111 Å². The van der Waals surface area contributed by atoms with Gasteiger partial charge in [0.25, 0.3) is 27.8 Å². The van der Waals surface area contributed by atoms with Crippen LogP contribution in [0.15, 0.2) is 261 Å². The molecule has 0 aliphatic carbocycles. The smallest absolute Gasteiger partial charge is 0.261 e. The summed E-state index contributed by atoms with van der Waals surface area (Å²) in [4.78, 5) is 84.7. The van der Waals surface area contributed by atoms with Gasteiger partial charge >= 0.3 is 0 Å². The minimum atomic E-state index is -0.0439. The Hall–Kier alpha value is -14.3. The lowest BCUT2D eigenvalue weighted by Gasteiger charge is -2.10. The maximum Gasteiger partial charge on any atom is 0.261 e. The number of nitrogens with zero attached hydrogens (tertiary/aromatic N) is 10. The molecule has 0 bridgehead atoms. The summed E-state index contributed by atoms with van der Waals surface area (Å²) in [5.74, 6) is 34.1. The number of aromatic nitrogens is 10. The number of rotatable bonds is 2. The van der Waals surface area contributed by atoms with Gasteiger partial charge in [-0.25, -0.2) is 24.9 Å². The molecule has 0 unspecified atom stereocenters. The molecule has 16 nitrogen and oxygen atoms in total. The van der Waals surface area contributed by atoms with Gasteiger partial charge < -0.3 is 13.9 Å². The highest BCUT2D eigenvalue weighted by atomic mass is 16.5. The molecule has 5 aromatic heterocycles. The molecule has 16 heteroatoms. The van der Waals surface area contributed by atoms with Crippen LogP contribution in [0.3, 0.4) is 0 Å². The molecule has 3 aliphatic rings. The maximum atomic E-state index is 12.8. The van der Waals surface area contributed by atoms with Gasteiger partial charge in [-0.1, -0.05) is 164 Å². The molecule has 0 amide bonds.